The Bertz CT molecular complexity index is 1430. The van der Waals surface area contributed by atoms with Gasteiger partial charge >= 0.3 is 0 Å². The number of pyridine rings is 1. The van der Waals surface area contributed by atoms with Crippen molar-refractivity contribution in [1.29, 1.82) is 0 Å². The summed E-state index contributed by atoms with van der Waals surface area (Å²) < 4.78 is 2.70. The fourth-order valence-electron chi connectivity index (χ4n) is 6.55. The number of anilines is 1. The molecule has 2 aromatic rings. The van der Waals surface area contributed by atoms with Crippen molar-refractivity contribution in [3.8, 4) is 0 Å². The number of rotatable bonds is 12. The molecule has 2 heterocycles. The van der Waals surface area contributed by atoms with Crippen LogP contribution in [0.2, 0.25) is 0 Å². The number of Topliss-reactive ketones (excluding diaryl/α,β-unsaturated/α-hetero) is 1. The van der Waals surface area contributed by atoms with Crippen LogP contribution in [0.15, 0.2) is 35.6 Å². The number of nitrogens with zero attached hydrogens (tertiary/aromatic N) is 3. The molecular formula is C30H43N7O6. The molecule has 2 aliphatic rings. The van der Waals surface area contributed by atoms with Gasteiger partial charge in [0.25, 0.3) is 17.4 Å². The van der Waals surface area contributed by atoms with E-state index in [-0.39, 0.29) is 50.2 Å². The first-order valence-electron chi connectivity index (χ1n) is 14.9. The van der Waals surface area contributed by atoms with Crippen molar-refractivity contribution in [3.63, 3.8) is 0 Å². The second-order valence-corrected chi connectivity index (χ2v) is 11.9. The number of aromatic nitrogens is 3. The van der Waals surface area contributed by atoms with Crippen LogP contribution in [0, 0.1) is 11.8 Å². The Morgan fingerprint density at radius 1 is 1.21 bits per heavy atom. The van der Waals surface area contributed by atoms with Gasteiger partial charge < -0.3 is 30.4 Å². The summed E-state index contributed by atoms with van der Waals surface area (Å²) in [6.07, 6.45) is 10.00. The number of amides is 4. The lowest BCUT2D eigenvalue weighted by molar-refractivity contribution is -0.138. The lowest BCUT2D eigenvalue weighted by Gasteiger charge is -2.48. The maximum atomic E-state index is 13.3. The van der Waals surface area contributed by atoms with E-state index in [1.807, 2.05) is 0 Å². The zero-order valence-corrected chi connectivity index (χ0v) is 25.0. The Labute approximate surface area is 251 Å². The zero-order chi connectivity index (χ0) is 31.1. The number of hydrogen-bond acceptors (Lipinski definition) is 7. The fourth-order valence-corrected chi connectivity index (χ4v) is 6.55. The number of nitrogens with one attached hydrogen (secondary N) is 4. The number of likely N-dealkylation sites (N-methyl/N-ethyl adjacent to an activating group) is 1. The molecule has 4 amide bonds. The van der Waals surface area contributed by atoms with Crippen LogP contribution >= 0.6 is 0 Å². The lowest BCUT2D eigenvalue weighted by Crippen LogP contribution is -2.55. The smallest absolute Gasteiger partial charge is 0.287 e. The molecule has 4 rings (SSSR count). The maximum Gasteiger partial charge on any atom is 0.287 e. The summed E-state index contributed by atoms with van der Waals surface area (Å²) in [5, 5.41) is 10.7. The number of imidazole rings is 1. The number of hydrogen-bond donors (Lipinski definition) is 4. The van der Waals surface area contributed by atoms with Crippen LogP contribution < -0.4 is 26.8 Å². The molecule has 43 heavy (non-hydrogen) atoms. The fraction of sp³-hybridized carbons (Fsp3) is 0.567. The van der Waals surface area contributed by atoms with Crippen molar-refractivity contribution in [2.75, 3.05) is 11.9 Å². The third-order valence-electron chi connectivity index (χ3n) is 8.34. The molecule has 13 nitrogen and oxygen atoms in total. The minimum Gasteiger partial charge on any atom is -0.350 e. The monoisotopic (exact) mass is 597 g/mol. The highest BCUT2D eigenvalue weighted by atomic mass is 16.2. The SMILES string of the molecule is CCNC(=O)C(=O)CC[C@H](NC(=O)c1cncn1C)C(=O)Nc1cccn(CC(=O)NC23CCCC(CC(C)C2)C3)c1=O.[HH]. The van der Waals surface area contributed by atoms with Gasteiger partial charge in [-0.3, -0.25) is 28.8 Å². The predicted molar refractivity (Wildman–Crippen MR) is 160 cm³/mol. The third-order valence-corrected chi connectivity index (χ3v) is 8.34. The van der Waals surface area contributed by atoms with Crippen molar-refractivity contribution < 1.29 is 25.4 Å². The van der Waals surface area contributed by atoms with Gasteiger partial charge in [0.2, 0.25) is 17.6 Å². The van der Waals surface area contributed by atoms with Gasteiger partial charge in [0.05, 0.1) is 12.5 Å². The van der Waals surface area contributed by atoms with Crippen LogP contribution in [0.3, 0.4) is 0 Å². The van der Waals surface area contributed by atoms with E-state index in [4.69, 9.17) is 0 Å². The van der Waals surface area contributed by atoms with Gasteiger partial charge in [-0.2, -0.15) is 0 Å². The van der Waals surface area contributed by atoms with E-state index in [1.54, 1.807) is 20.0 Å². The number of aryl methyl sites for hydroxylation is 1. The standard InChI is InChI=1S/C30H41N7O6.H2/c1-4-32-28(42)24(38)10-9-21(33-27(41)23-16-31-18-36(23)3)26(40)34-22-8-6-12-37(29(22)43)17-25(39)35-30-11-5-7-20(15-30)13-19(2)14-30;/h6,8,12,16,18-21H,4-5,7,9-11,13-15,17H2,1-3H3,(H,32,42)(H,33,41)(H,34,40)(H,35,39);1H/t19?,20?,21-,30?;/m0./s1. The van der Waals surface area contributed by atoms with Crippen molar-refractivity contribution in [2.45, 2.75) is 83.3 Å². The van der Waals surface area contributed by atoms with E-state index >= 15 is 0 Å². The first kappa shape index (κ1) is 31.6. The summed E-state index contributed by atoms with van der Waals surface area (Å²) in [7, 11) is 1.61. The van der Waals surface area contributed by atoms with Gasteiger partial charge in [-0.1, -0.05) is 19.8 Å². The first-order chi connectivity index (χ1) is 20.5. The maximum absolute atomic E-state index is 13.3. The van der Waals surface area contributed by atoms with E-state index in [9.17, 15) is 28.8 Å². The molecule has 4 N–H and O–H groups in total. The molecule has 0 saturated heterocycles. The van der Waals surface area contributed by atoms with E-state index < -0.39 is 35.1 Å². The number of ketones is 1. The predicted octanol–water partition coefficient (Wildman–Crippen LogP) is 1.53. The minimum atomic E-state index is -1.25. The molecule has 2 aliphatic carbocycles. The normalized spacial score (nSPS) is 21.7. The molecular weight excluding hydrogens is 554 g/mol. The van der Waals surface area contributed by atoms with Gasteiger partial charge in [0.15, 0.2) is 0 Å². The van der Waals surface area contributed by atoms with Crippen LogP contribution in [-0.2, 0) is 32.8 Å². The van der Waals surface area contributed by atoms with Gasteiger partial charge in [0.1, 0.15) is 24.0 Å². The van der Waals surface area contributed by atoms with E-state index in [0.717, 1.165) is 25.7 Å². The highest BCUT2D eigenvalue weighted by Crippen LogP contribution is 2.45. The van der Waals surface area contributed by atoms with Crippen LogP contribution in [0.1, 0.15) is 77.1 Å². The molecule has 2 aromatic heterocycles. The molecule has 13 heteroatoms. The Hall–Kier alpha value is -4.29. The average Bonchev–Trinajstić information content (AvgIpc) is 3.38. The van der Waals surface area contributed by atoms with Gasteiger partial charge in [-0.15, -0.1) is 0 Å². The number of carbonyl (C=O) groups is 5. The highest BCUT2D eigenvalue weighted by Gasteiger charge is 2.42. The summed E-state index contributed by atoms with van der Waals surface area (Å²) in [6, 6.07) is 1.70. The molecule has 3 unspecified atom stereocenters. The molecule has 0 aromatic carbocycles. The molecule has 0 spiro atoms. The van der Waals surface area contributed by atoms with E-state index in [2.05, 4.69) is 33.2 Å². The Morgan fingerprint density at radius 3 is 2.72 bits per heavy atom. The van der Waals surface area contributed by atoms with Crippen molar-refractivity contribution >= 4 is 35.1 Å². The van der Waals surface area contributed by atoms with Gasteiger partial charge in [-0.05, 0) is 63.0 Å². The molecule has 4 atom stereocenters. The molecule has 0 radical (unpaired) electrons. The zero-order valence-electron chi connectivity index (χ0n) is 25.0. The second kappa shape index (κ2) is 13.8. The quantitative estimate of drug-likeness (QED) is 0.269. The first-order valence-corrected chi connectivity index (χ1v) is 14.9. The summed E-state index contributed by atoms with van der Waals surface area (Å²) in [6.45, 7) is 3.96. The topological polar surface area (TPSA) is 173 Å². The largest absolute Gasteiger partial charge is 0.350 e. The van der Waals surface area contributed by atoms with Crippen LogP contribution in [0.4, 0.5) is 5.69 Å². The molecule has 0 aliphatic heterocycles. The third kappa shape index (κ3) is 7.96. The molecule has 2 fully saturated rings. The summed E-state index contributed by atoms with van der Waals surface area (Å²) in [5.74, 6) is -2.00. The summed E-state index contributed by atoms with van der Waals surface area (Å²) in [5.41, 5.74) is -0.732. The molecule has 234 valence electrons. The molecule has 2 saturated carbocycles. The van der Waals surface area contributed by atoms with Crippen LogP contribution in [0.25, 0.3) is 0 Å². The highest BCUT2D eigenvalue weighted by molar-refractivity contribution is 6.36. The van der Waals surface area contributed by atoms with Crippen LogP contribution in [-0.4, -0.2) is 61.7 Å². The summed E-state index contributed by atoms with van der Waals surface area (Å²) in [4.78, 5) is 80.6. The minimum absolute atomic E-state index is 0. The van der Waals surface area contributed by atoms with E-state index in [1.165, 1.54) is 46.8 Å². The van der Waals surface area contributed by atoms with Crippen molar-refractivity contribution in [1.82, 2.24) is 30.1 Å². The summed E-state index contributed by atoms with van der Waals surface area (Å²) >= 11 is 0. The van der Waals surface area contributed by atoms with Gasteiger partial charge in [0, 0.05) is 33.2 Å². The lowest BCUT2D eigenvalue weighted by atomic mass is 9.64. The number of carbonyl (C=O) groups excluding carboxylic acids is 5. The Balaban J connectivity index is 0.00000529. The van der Waals surface area contributed by atoms with E-state index in [0.29, 0.717) is 11.8 Å². The average molecular weight is 598 g/mol. The number of fused-ring (bicyclic) bond motifs is 2. The van der Waals surface area contributed by atoms with Crippen molar-refractivity contribution in [2.24, 2.45) is 18.9 Å². The van der Waals surface area contributed by atoms with Gasteiger partial charge in [-0.25, -0.2) is 4.98 Å². The second-order valence-electron chi connectivity index (χ2n) is 11.9. The van der Waals surface area contributed by atoms with Crippen molar-refractivity contribution in [3.05, 3.63) is 46.9 Å². The molecule has 2 bridgehead atoms. The Kier molecular flexibility index (Phi) is 10.1. The van der Waals surface area contributed by atoms with Crippen LogP contribution in [0.5, 0.6) is 0 Å². The Morgan fingerprint density at radius 2 is 2.00 bits per heavy atom.